The molecule has 2 aliphatic heterocycles. The highest BCUT2D eigenvalue weighted by molar-refractivity contribution is 5.98. The monoisotopic (exact) mass is 708 g/mol. The van der Waals surface area contributed by atoms with Gasteiger partial charge in [0.15, 0.2) is 11.2 Å². The summed E-state index contributed by atoms with van der Waals surface area (Å²) in [6.45, 7) is -1.01. The van der Waals surface area contributed by atoms with Crippen LogP contribution in [-0.4, -0.2) is 53.7 Å². The van der Waals surface area contributed by atoms with Gasteiger partial charge in [0.05, 0.1) is 13.2 Å². The Morgan fingerprint density at radius 3 is 1.63 bits per heavy atom. The minimum Gasteiger partial charge on any atom is -0.488 e. The summed E-state index contributed by atoms with van der Waals surface area (Å²) in [4.78, 5) is 51.4. The van der Waals surface area contributed by atoms with Gasteiger partial charge >= 0.3 is 17.9 Å². The van der Waals surface area contributed by atoms with E-state index in [1.165, 1.54) is 0 Å². The highest BCUT2D eigenvalue weighted by Crippen LogP contribution is 2.44. The number of aliphatic hydroxyl groups is 2. The lowest BCUT2D eigenvalue weighted by Gasteiger charge is -2.26. The Morgan fingerprint density at radius 1 is 0.596 bits per heavy atom. The molecule has 11 heteroatoms. The number of rotatable bonds is 18. The van der Waals surface area contributed by atoms with Crippen molar-refractivity contribution in [2.75, 3.05) is 19.8 Å². The molecule has 11 nitrogen and oxygen atoms in total. The minimum atomic E-state index is -1.57. The summed E-state index contributed by atoms with van der Waals surface area (Å²) in [5.41, 5.74) is 0.185. The first-order valence-corrected chi connectivity index (χ1v) is 17.2. The van der Waals surface area contributed by atoms with E-state index in [9.17, 15) is 29.4 Å². The van der Waals surface area contributed by atoms with Gasteiger partial charge in [-0.15, -0.1) is 0 Å². The quantitative estimate of drug-likeness (QED) is 0.0742. The third kappa shape index (κ3) is 7.85. The van der Waals surface area contributed by atoms with E-state index in [1.807, 2.05) is 60.7 Å². The Kier molecular flexibility index (Phi) is 11.3. The van der Waals surface area contributed by atoms with Crippen LogP contribution in [0.15, 0.2) is 97.1 Å². The van der Waals surface area contributed by atoms with Gasteiger partial charge in [0.25, 0.3) is 0 Å². The number of esters is 3. The molecule has 2 atom stereocenters. The first kappa shape index (κ1) is 36.3. The summed E-state index contributed by atoms with van der Waals surface area (Å²) in [5, 5.41) is 20.6. The van der Waals surface area contributed by atoms with Crippen LogP contribution in [-0.2, 0) is 48.2 Å². The van der Waals surface area contributed by atoms with Crippen molar-refractivity contribution in [2.24, 2.45) is 0 Å². The number of unbranched alkanes of at least 4 members (excludes halogenated alkanes) is 1. The van der Waals surface area contributed by atoms with Crippen LogP contribution >= 0.6 is 0 Å². The second kappa shape index (κ2) is 16.2. The van der Waals surface area contributed by atoms with Gasteiger partial charge < -0.3 is 33.9 Å². The topological polar surface area (TPSA) is 155 Å². The van der Waals surface area contributed by atoms with E-state index in [0.717, 1.165) is 11.1 Å². The molecule has 52 heavy (non-hydrogen) atoms. The van der Waals surface area contributed by atoms with Gasteiger partial charge in [-0.3, -0.25) is 9.59 Å². The average molecular weight is 709 g/mol. The number of ketones is 1. The van der Waals surface area contributed by atoms with Gasteiger partial charge in [0.1, 0.15) is 48.2 Å². The fourth-order valence-corrected chi connectivity index (χ4v) is 6.50. The molecule has 0 bridgehead atoms. The molecule has 0 fully saturated rings. The predicted molar refractivity (Wildman–Crippen MR) is 186 cm³/mol. The number of carbonyl (C=O) groups excluding carboxylic acids is 4. The third-order valence-corrected chi connectivity index (χ3v) is 9.36. The van der Waals surface area contributed by atoms with Crippen molar-refractivity contribution in [3.63, 3.8) is 0 Å². The maximum absolute atomic E-state index is 12.9. The lowest BCUT2D eigenvalue weighted by Crippen LogP contribution is -2.37. The number of hydrogen-bond donors (Lipinski definition) is 2. The molecule has 4 aromatic rings. The van der Waals surface area contributed by atoms with Gasteiger partial charge in [-0.25, -0.2) is 9.59 Å². The Bertz CT molecular complexity index is 1770. The van der Waals surface area contributed by atoms with Crippen molar-refractivity contribution in [2.45, 2.75) is 62.9 Å². The molecule has 0 amide bonds. The van der Waals surface area contributed by atoms with Crippen LogP contribution in [0.25, 0.3) is 0 Å². The van der Waals surface area contributed by atoms with E-state index >= 15 is 0 Å². The Labute approximate surface area is 301 Å². The smallest absolute Gasteiger partial charge is 0.343 e. The molecule has 4 aromatic carbocycles. The van der Waals surface area contributed by atoms with E-state index < -0.39 is 42.3 Å². The Morgan fingerprint density at radius 2 is 1.10 bits per heavy atom. The molecular formula is C41H40O11. The summed E-state index contributed by atoms with van der Waals surface area (Å²) >= 11 is 0. The summed E-state index contributed by atoms with van der Waals surface area (Å²) in [6.07, 6.45) is 1.08. The van der Waals surface area contributed by atoms with Crippen LogP contribution in [0.2, 0.25) is 0 Å². The molecule has 2 aliphatic rings. The zero-order chi connectivity index (χ0) is 36.6. The maximum atomic E-state index is 12.9. The number of aliphatic hydroxyl groups excluding tert-OH is 2. The molecule has 0 saturated heterocycles. The van der Waals surface area contributed by atoms with E-state index in [0.29, 0.717) is 35.5 Å². The first-order chi connectivity index (χ1) is 25.3. The summed E-state index contributed by atoms with van der Waals surface area (Å²) in [7, 11) is 0. The van der Waals surface area contributed by atoms with Crippen LogP contribution in [0.5, 0.6) is 11.5 Å². The van der Waals surface area contributed by atoms with E-state index in [-0.39, 0.29) is 62.4 Å². The van der Waals surface area contributed by atoms with Crippen molar-refractivity contribution in [3.8, 4) is 11.5 Å². The zero-order valence-electron chi connectivity index (χ0n) is 28.6. The number of cyclic esters (lactones) is 2. The lowest BCUT2D eigenvalue weighted by atomic mass is 9.87. The standard InChI is InChI=1S/C41H40O11/c42-25-40(31-16-9-18-33(36(31)38(46)51-40)48-23-28-11-3-1-4-12-28)22-21-30(44)15-7-8-20-35(45)50-27-41(26-43)32-17-10-19-34(37(32)39(47)52-41)49-24-29-13-5-2-6-14-29/h1-6,9-14,16-19,42-43H,7-8,15,20-27H2/t40-,41+/m0/s1. The second-order valence-electron chi connectivity index (χ2n) is 12.9. The van der Waals surface area contributed by atoms with Crippen molar-refractivity contribution in [3.05, 3.63) is 130 Å². The van der Waals surface area contributed by atoms with Gasteiger partial charge in [0.2, 0.25) is 0 Å². The van der Waals surface area contributed by atoms with Crippen molar-refractivity contribution in [1.82, 2.24) is 0 Å². The second-order valence-corrected chi connectivity index (χ2v) is 12.9. The largest absolute Gasteiger partial charge is 0.488 e. The predicted octanol–water partition coefficient (Wildman–Crippen LogP) is 5.71. The molecule has 0 aliphatic carbocycles. The van der Waals surface area contributed by atoms with E-state index in [4.69, 9.17) is 23.7 Å². The van der Waals surface area contributed by atoms with Crippen LogP contribution in [0.4, 0.5) is 0 Å². The van der Waals surface area contributed by atoms with Crippen molar-refractivity contribution >= 4 is 23.7 Å². The molecule has 2 N–H and O–H groups in total. The maximum Gasteiger partial charge on any atom is 0.343 e. The van der Waals surface area contributed by atoms with E-state index in [2.05, 4.69) is 0 Å². The third-order valence-electron chi connectivity index (χ3n) is 9.36. The van der Waals surface area contributed by atoms with Gasteiger partial charge in [-0.2, -0.15) is 0 Å². The molecule has 0 unspecified atom stereocenters. The fourth-order valence-electron chi connectivity index (χ4n) is 6.50. The summed E-state index contributed by atoms with van der Waals surface area (Å²) in [6, 6.07) is 29.0. The molecule has 270 valence electrons. The molecular weight excluding hydrogens is 668 g/mol. The van der Waals surface area contributed by atoms with Gasteiger partial charge in [-0.05, 0) is 36.1 Å². The van der Waals surface area contributed by atoms with Crippen molar-refractivity contribution < 1.29 is 53.1 Å². The number of benzene rings is 4. The summed E-state index contributed by atoms with van der Waals surface area (Å²) in [5.74, 6) is -1.33. The molecule has 0 saturated carbocycles. The Hall–Kier alpha value is -5.52. The molecule has 6 rings (SSSR count). The normalized spacial score (nSPS) is 18.6. The zero-order valence-corrected chi connectivity index (χ0v) is 28.6. The fraction of sp³-hybridized carbons (Fsp3) is 0.317. The van der Waals surface area contributed by atoms with Crippen LogP contribution in [0.1, 0.15) is 81.5 Å². The molecule has 0 spiro atoms. The average Bonchev–Trinajstić information content (AvgIpc) is 3.64. The van der Waals surface area contributed by atoms with Crippen molar-refractivity contribution in [1.29, 1.82) is 0 Å². The number of Topliss-reactive ketones (excluding diaryl/α,β-unsaturated/α-hetero) is 1. The Balaban J connectivity index is 0.967. The highest BCUT2D eigenvalue weighted by atomic mass is 16.6. The molecule has 2 heterocycles. The van der Waals surface area contributed by atoms with Crippen LogP contribution in [0, 0.1) is 0 Å². The van der Waals surface area contributed by atoms with Gasteiger partial charge in [-0.1, -0.05) is 84.9 Å². The number of carbonyl (C=O) groups is 4. The summed E-state index contributed by atoms with van der Waals surface area (Å²) < 4.78 is 28.5. The van der Waals surface area contributed by atoms with Crippen LogP contribution < -0.4 is 9.47 Å². The molecule has 0 aromatic heterocycles. The number of hydrogen-bond acceptors (Lipinski definition) is 11. The number of fused-ring (bicyclic) bond motifs is 2. The molecule has 0 radical (unpaired) electrons. The number of ether oxygens (including phenoxy) is 5. The van der Waals surface area contributed by atoms with Gasteiger partial charge in [0, 0.05) is 36.8 Å². The first-order valence-electron chi connectivity index (χ1n) is 17.2. The lowest BCUT2D eigenvalue weighted by molar-refractivity contribution is -0.154. The minimum absolute atomic E-state index is 0.00709. The highest BCUT2D eigenvalue weighted by Gasteiger charge is 2.49. The SMILES string of the molecule is O=C(CCCCC(=O)OC[C@@]1(CO)OC(=O)c2c(OCc3ccccc3)cccc21)CC[C@@]1(CO)OC(=O)c2c(OCc3ccccc3)cccc21. The van der Waals surface area contributed by atoms with Crippen LogP contribution in [0.3, 0.4) is 0 Å². The van der Waals surface area contributed by atoms with E-state index in [1.54, 1.807) is 36.4 Å².